The van der Waals surface area contributed by atoms with Gasteiger partial charge in [-0.1, -0.05) is 0 Å². The van der Waals surface area contributed by atoms with Crippen LogP contribution in [0.5, 0.6) is 11.5 Å². The smallest absolute Gasteiger partial charge is 0.151 e. The minimum absolute atomic E-state index is 0.0670. The van der Waals surface area contributed by atoms with E-state index in [-0.39, 0.29) is 12.2 Å². The standard InChI is InChI=1S/C13H17IO3/c1-8(2)16-11-5-10(7-15)13(14)12(6-11)17-9(3)4/h5-9H,1-4H3. The Labute approximate surface area is 116 Å². The van der Waals surface area contributed by atoms with Crippen LogP contribution in [0.3, 0.4) is 0 Å². The van der Waals surface area contributed by atoms with E-state index in [1.165, 1.54) is 0 Å². The highest BCUT2D eigenvalue weighted by atomic mass is 127. The van der Waals surface area contributed by atoms with Crippen molar-refractivity contribution in [1.29, 1.82) is 0 Å². The molecule has 0 spiro atoms. The zero-order valence-electron chi connectivity index (χ0n) is 10.5. The lowest BCUT2D eigenvalue weighted by Crippen LogP contribution is -2.10. The van der Waals surface area contributed by atoms with Gasteiger partial charge in [-0.05, 0) is 56.4 Å². The zero-order valence-corrected chi connectivity index (χ0v) is 12.6. The summed E-state index contributed by atoms with van der Waals surface area (Å²) in [6, 6.07) is 3.57. The van der Waals surface area contributed by atoms with E-state index in [0.29, 0.717) is 17.1 Å². The van der Waals surface area contributed by atoms with Gasteiger partial charge in [0, 0.05) is 11.6 Å². The first-order valence-corrected chi connectivity index (χ1v) is 6.64. The molecule has 0 aliphatic rings. The summed E-state index contributed by atoms with van der Waals surface area (Å²) >= 11 is 2.11. The van der Waals surface area contributed by atoms with Crippen molar-refractivity contribution < 1.29 is 14.3 Å². The average Bonchev–Trinajstić information content (AvgIpc) is 2.21. The van der Waals surface area contributed by atoms with Gasteiger partial charge >= 0.3 is 0 Å². The maximum Gasteiger partial charge on any atom is 0.151 e. The van der Waals surface area contributed by atoms with E-state index >= 15 is 0 Å². The third kappa shape index (κ3) is 4.18. The molecule has 0 saturated carbocycles. The Balaban J connectivity index is 3.13. The van der Waals surface area contributed by atoms with Crippen LogP contribution < -0.4 is 9.47 Å². The van der Waals surface area contributed by atoms with E-state index in [9.17, 15) is 4.79 Å². The number of benzene rings is 1. The summed E-state index contributed by atoms with van der Waals surface area (Å²) in [6.45, 7) is 7.79. The fraction of sp³-hybridized carbons (Fsp3) is 0.462. The van der Waals surface area contributed by atoms with E-state index in [0.717, 1.165) is 9.86 Å². The van der Waals surface area contributed by atoms with Crippen LogP contribution in [0.25, 0.3) is 0 Å². The van der Waals surface area contributed by atoms with E-state index in [1.54, 1.807) is 6.07 Å². The number of halogens is 1. The molecule has 4 heteroatoms. The molecule has 0 aromatic heterocycles. The Bertz CT molecular complexity index is 400. The number of hydrogen-bond donors (Lipinski definition) is 0. The van der Waals surface area contributed by atoms with Gasteiger partial charge in [0.15, 0.2) is 6.29 Å². The van der Waals surface area contributed by atoms with Crippen molar-refractivity contribution in [2.75, 3.05) is 0 Å². The predicted molar refractivity (Wildman–Crippen MR) is 76.1 cm³/mol. The molecule has 0 radical (unpaired) electrons. The van der Waals surface area contributed by atoms with Crippen LogP contribution in [0.4, 0.5) is 0 Å². The van der Waals surface area contributed by atoms with Gasteiger partial charge in [-0.3, -0.25) is 4.79 Å². The summed E-state index contributed by atoms with van der Waals surface area (Å²) in [7, 11) is 0. The van der Waals surface area contributed by atoms with Crippen molar-refractivity contribution in [3.8, 4) is 11.5 Å². The Morgan fingerprint density at radius 2 is 1.71 bits per heavy atom. The third-order valence-electron chi connectivity index (χ3n) is 1.90. The van der Waals surface area contributed by atoms with E-state index in [1.807, 2.05) is 33.8 Å². The molecule has 17 heavy (non-hydrogen) atoms. The van der Waals surface area contributed by atoms with Crippen molar-refractivity contribution in [2.45, 2.75) is 39.9 Å². The number of hydrogen-bond acceptors (Lipinski definition) is 3. The van der Waals surface area contributed by atoms with Gasteiger partial charge in [0.05, 0.1) is 15.8 Å². The van der Waals surface area contributed by atoms with E-state index < -0.39 is 0 Å². The number of aldehydes is 1. The first-order valence-electron chi connectivity index (χ1n) is 5.56. The number of rotatable bonds is 5. The Hall–Kier alpha value is -0.780. The molecule has 0 N–H and O–H groups in total. The fourth-order valence-electron chi connectivity index (χ4n) is 1.36. The highest BCUT2D eigenvalue weighted by Crippen LogP contribution is 2.30. The largest absolute Gasteiger partial charge is 0.491 e. The lowest BCUT2D eigenvalue weighted by Gasteiger charge is -2.16. The van der Waals surface area contributed by atoms with Crippen molar-refractivity contribution in [2.24, 2.45) is 0 Å². The molecule has 0 saturated heterocycles. The normalized spacial score (nSPS) is 10.8. The molecular weight excluding hydrogens is 331 g/mol. The van der Waals surface area contributed by atoms with Crippen molar-refractivity contribution in [3.63, 3.8) is 0 Å². The summed E-state index contributed by atoms with van der Waals surface area (Å²) in [4.78, 5) is 11.0. The molecule has 94 valence electrons. The molecule has 1 rings (SSSR count). The minimum Gasteiger partial charge on any atom is -0.491 e. The molecule has 0 unspecified atom stereocenters. The fourth-order valence-corrected chi connectivity index (χ4v) is 1.92. The summed E-state index contributed by atoms with van der Waals surface area (Å²) < 4.78 is 12.1. The Kier molecular flexibility index (Phi) is 5.24. The van der Waals surface area contributed by atoms with Crippen LogP contribution in [-0.4, -0.2) is 18.5 Å². The van der Waals surface area contributed by atoms with Gasteiger partial charge in [0.1, 0.15) is 11.5 Å². The summed E-state index contributed by atoms with van der Waals surface area (Å²) in [5.74, 6) is 1.36. The van der Waals surface area contributed by atoms with Crippen molar-refractivity contribution >= 4 is 28.9 Å². The molecule has 0 atom stereocenters. The van der Waals surface area contributed by atoms with Gasteiger partial charge in [-0.25, -0.2) is 0 Å². The maximum absolute atomic E-state index is 11.0. The predicted octanol–water partition coefficient (Wildman–Crippen LogP) is 3.68. The zero-order chi connectivity index (χ0) is 13.0. The average molecular weight is 348 g/mol. The second-order valence-electron chi connectivity index (χ2n) is 4.28. The Morgan fingerprint density at radius 3 is 2.18 bits per heavy atom. The Morgan fingerprint density at radius 1 is 1.12 bits per heavy atom. The second-order valence-corrected chi connectivity index (χ2v) is 5.35. The molecule has 0 amide bonds. The quantitative estimate of drug-likeness (QED) is 0.602. The monoisotopic (exact) mass is 348 g/mol. The van der Waals surface area contributed by atoms with Gasteiger partial charge in [0.2, 0.25) is 0 Å². The second kappa shape index (κ2) is 6.23. The highest BCUT2D eigenvalue weighted by molar-refractivity contribution is 14.1. The first kappa shape index (κ1) is 14.3. The van der Waals surface area contributed by atoms with E-state index in [4.69, 9.17) is 9.47 Å². The molecule has 1 aromatic carbocycles. The topological polar surface area (TPSA) is 35.5 Å². The SMILES string of the molecule is CC(C)Oc1cc(C=O)c(I)c(OC(C)C)c1. The summed E-state index contributed by atoms with van der Waals surface area (Å²) in [6.07, 6.45) is 0.959. The van der Waals surface area contributed by atoms with Crippen LogP contribution in [0, 0.1) is 3.57 Å². The minimum atomic E-state index is 0.0670. The summed E-state index contributed by atoms with van der Waals surface area (Å²) in [5.41, 5.74) is 0.597. The van der Waals surface area contributed by atoms with Crippen molar-refractivity contribution in [1.82, 2.24) is 0 Å². The number of carbonyl (C=O) groups excluding carboxylic acids is 1. The molecule has 0 aliphatic carbocycles. The van der Waals surface area contributed by atoms with E-state index in [2.05, 4.69) is 22.6 Å². The molecule has 0 aliphatic heterocycles. The van der Waals surface area contributed by atoms with Gasteiger partial charge in [-0.2, -0.15) is 0 Å². The van der Waals surface area contributed by atoms with Gasteiger partial charge in [0.25, 0.3) is 0 Å². The lowest BCUT2D eigenvalue weighted by atomic mass is 10.2. The first-order chi connectivity index (χ1) is 7.93. The maximum atomic E-state index is 11.0. The van der Waals surface area contributed by atoms with Crippen LogP contribution in [0.1, 0.15) is 38.1 Å². The van der Waals surface area contributed by atoms with Crippen LogP contribution in [-0.2, 0) is 0 Å². The molecule has 0 bridgehead atoms. The molecule has 0 heterocycles. The van der Waals surface area contributed by atoms with Gasteiger partial charge in [-0.15, -0.1) is 0 Å². The van der Waals surface area contributed by atoms with Crippen LogP contribution in [0.15, 0.2) is 12.1 Å². The molecular formula is C13H17IO3. The van der Waals surface area contributed by atoms with Gasteiger partial charge < -0.3 is 9.47 Å². The molecule has 1 aromatic rings. The number of ether oxygens (including phenoxy) is 2. The van der Waals surface area contributed by atoms with Crippen LogP contribution >= 0.6 is 22.6 Å². The van der Waals surface area contributed by atoms with Crippen molar-refractivity contribution in [3.05, 3.63) is 21.3 Å². The summed E-state index contributed by atoms with van der Waals surface area (Å²) in [5, 5.41) is 0. The van der Waals surface area contributed by atoms with Crippen LogP contribution in [0.2, 0.25) is 0 Å². The molecule has 3 nitrogen and oxygen atoms in total. The highest BCUT2D eigenvalue weighted by Gasteiger charge is 2.12. The number of carbonyl (C=O) groups is 1. The lowest BCUT2D eigenvalue weighted by molar-refractivity contribution is 0.112. The molecule has 0 fully saturated rings. The third-order valence-corrected chi connectivity index (χ3v) is 3.06.